The minimum atomic E-state index is -0.405. The van der Waals surface area contributed by atoms with Gasteiger partial charge >= 0.3 is 0 Å². The van der Waals surface area contributed by atoms with E-state index in [9.17, 15) is 9.18 Å². The minimum absolute atomic E-state index is 0.206. The monoisotopic (exact) mass is 306 g/mol. The van der Waals surface area contributed by atoms with Gasteiger partial charge < -0.3 is 0 Å². The van der Waals surface area contributed by atoms with Gasteiger partial charge in [-0.15, -0.1) is 0 Å². The molecule has 0 fully saturated rings. The number of aromatic nitrogens is 1. The van der Waals surface area contributed by atoms with Crippen molar-refractivity contribution in [3.05, 3.63) is 71.0 Å². The molecule has 1 aliphatic heterocycles. The third-order valence-corrected chi connectivity index (χ3v) is 4.20. The summed E-state index contributed by atoms with van der Waals surface area (Å²) in [5, 5.41) is 1.09. The first-order valence-corrected chi connectivity index (χ1v) is 7.59. The highest BCUT2D eigenvalue weighted by Crippen LogP contribution is 2.30. The van der Waals surface area contributed by atoms with Gasteiger partial charge in [0.05, 0.1) is 5.52 Å². The lowest BCUT2D eigenvalue weighted by Gasteiger charge is -2.17. The summed E-state index contributed by atoms with van der Waals surface area (Å²) in [4.78, 5) is 19.0. The standard InChI is InChI=1S/C19H15FN2O/c1-12-5-6-17-15(9-12)10-13-7-8-22(18(13)21-17)19(23)14-3-2-4-16(20)11-14/h2-6,9-11H,7-8H2,1H3. The highest BCUT2D eigenvalue weighted by molar-refractivity contribution is 6.07. The van der Waals surface area contributed by atoms with E-state index in [0.29, 0.717) is 17.9 Å². The number of anilines is 1. The maximum absolute atomic E-state index is 13.4. The highest BCUT2D eigenvalue weighted by atomic mass is 19.1. The molecule has 114 valence electrons. The normalized spacial score (nSPS) is 13.4. The minimum Gasteiger partial charge on any atom is -0.292 e. The lowest BCUT2D eigenvalue weighted by molar-refractivity contribution is 0.0988. The number of carbonyl (C=O) groups excluding carboxylic acids is 1. The van der Waals surface area contributed by atoms with Gasteiger partial charge in [-0.25, -0.2) is 9.37 Å². The number of rotatable bonds is 1. The summed E-state index contributed by atoms with van der Waals surface area (Å²) < 4.78 is 13.4. The van der Waals surface area contributed by atoms with Crippen LogP contribution in [0.1, 0.15) is 21.5 Å². The molecule has 23 heavy (non-hydrogen) atoms. The van der Waals surface area contributed by atoms with Crippen molar-refractivity contribution in [1.29, 1.82) is 0 Å². The zero-order chi connectivity index (χ0) is 16.0. The molecule has 1 aliphatic rings. The Morgan fingerprint density at radius 3 is 2.87 bits per heavy atom. The highest BCUT2D eigenvalue weighted by Gasteiger charge is 2.27. The number of benzene rings is 2. The SMILES string of the molecule is Cc1ccc2nc3c(cc2c1)CCN3C(=O)c1cccc(F)c1. The van der Waals surface area contributed by atoms with Crippen LogP contribution in [-0.2, 0) is 6.42 Å². The van der Waals surface area contributed by atoms with Crippen molar-refractivity contribution >= 4 is 22.6 Å². The Kier molecular flexibility index (Phi) is 3.11. The summed E-state index contributed by atoms with van der Waals surface area (Å²) in [6.07, 6.45) is 0.771. The Bertz CT molecular complexity index is 936. The number of hydrogen-bond acceptors (Lipinski definition) is 2. The number of pyridine rings is 1. The Balaban J connectivity index is 1.77. The molecular formula is C19H15FN2O. The second kappa shape index (κ2) is 5.16. The predicted octanol–water partition coefficient (Wildman–Crippen LogP) is 3.89. The molecule has 4 rings (SSSR count). The first-order valence-electron chi connectivity index (χ1n) is 7.59. The van der Waals surface area contributed by atoms with Gasteiger partial charge in [0.25, 0.3) is 5.91 Å². The molecule has 0 saturated heterocycles. The van der Waals surface area contributed by atoms with Crippen LogP contribution in [0.15, 0.2) is 48.5 Å². The van der Waals surface area contributed by atoms with E-state index in [1.165, 1.54) is 17.7 Å². The Morgan fingerprint density at radius 2 is 2.04 bits per heavy atom. The van der Waals surface area contributed by atoms with Gasteiger partial charge in [-0.1, -0.05) is 17.7 Å². The first kappa shape index (κ1) is 13.9. The number of carbonyl (C=O) groups is 1. The smallest absolute Gasteiger partial charge is 0.259 e. The van der Waals surface area contributed by atoms with Crippen molar-refractivity contribution in [2.45, 2.75) is 13.3 Å². The summed E-state index contributed by atoms with van der Waals surface area (Å²) in [6.45, 7) is 2.62. The molecule has 2 aromatic carbocycles. The molecule has 0 spiro atoms. The van der Waals surface area contributed by atoms with Crippen molar-refractivity contribution in [3.63, 3.8) is 0 Å². The summed E-state index contributed by atoms with van der Waals surface area (Å²) in [7, 11) is 0. The van der Waals surface area contributed by atoms with Gasteiger partial charge in [0.1, 0.15) is 11.6 Å². The van der Waals surface area contributed by atoms with Crippen LogP contribution in [0.2, 0.25) is 0 Å². The lowest BCUT2D eigenvalue weighted by atomic mass is 10.1. The molecule has 3 aromatic rings. The summed E-state index contributed by atoms with van der Waals surface area (Å²) in [5.74, 6) is 0.0787. The summed E-state index contributed by atoms with van der Waals surface area (Å²) in [5.41, 5.74) is 3.47. The fourth-order valence-electron chi connectivity index (χ4n) is 3.06. The van der Waals surface area contributed by atoms with Crippen molar-refractivity contribution in [1.82, 2.24) is 4.98 Å². The third kappa shape index (κ3) is 2.36. The quantitative estimate of drug-likeness (QED) is 0.683. The second-order valence-corrected chi connectivity index (χ2v) is 5.88. The van der Waals surface area contributed by atoms with Crippen LogP contribution in [0.25, 0.3) is 10.9 Å². The van der Waals surface area contributed by atoms with Crippen LogP contribution in [0.3, 0.4) is 0 Å². The van der Waals surface area contributed by atoms with Gasteiger partial charge in [-0.2, -0.15) is 0 Å². The summed E-state index contributed by atoms with van der Waals surface area (Å²) >= 11 is 0. The van der Waals surface area contributed by atoms with Gasteiger partial charge in [0.2, 0.25) is 0 Å². The van der Waals surface area contributed by atoms with Gasteiger partial charge in [0.15, 0.2) is 0 Å². The van der Waals surface area contributed by atoms with Gasteiger partial charge in [0, 0.05) is 17.5 Å². The first-order chi connectivity index (χ1) is 11.1. The number of hydrogen-bond donors (Lipinski definition) is 0. The molecular weight excluding hydrogens is 291 g/mol. The zero-order valence-corrected chi connectivity index (χ0v) is 12.7. The molecule has 0 atom stereocenters. The van der Waals surface area contributed by atoms with Crippen molar-refractivity contribution < 1.29 is 9.18 Å². The Labute approximate surface area is 133 Å². The molecule has 4 heteroatoms. The van der Waals surface area contributed by atoms with E-state index in [0.717, 1.165) is 22.9 Å². The van der Waals surface area contributed by atoms with Crippen LogP contribution < -0.4 is 4.90 Å². The van der Waals surface area contributed by atoms with E-state index in [1.54, 1.807) is 17.0 Å². The number of amides is 1. The molecule has 3 nitrogen and oxygen atoms in total. The van der Waals surface area contributed by atoms with E-state index in [4.69, 9.17) is 0 Å². The molecule has 0 unspecified atom stereocenters. The van der Waals surface area contributed by atoms with E-state index < -0.39 is 5.82 Å². The lowest BCUT2D eigenvalue weighted by Crippen LogP contribution is -2.29. The molecule has 0 aliphatic carbocycles. The molecule has 0 N–H and O–H groups in total. The number of nitrogens with zero attached hydrogens (tertiary/aromatic N) is 2. The second-order valence-electron chi connectivity index (χ2n) is 5.88. The number of halogens is 1. The van der Waals surface area contributed by atoms with E-state index in [-0.39, 0.29) is 5.91 Å². The average Bonchev–Trinajstić information content (AvgIpc) is 2.94. The summed E-state index contributed by atoms with van der Waals surface area (Å²) in [6, 6.07) is 14.0. The molecule has 1 aromatic heterocycles. The van der Waals surface area contributed by atoms with Crippen molar-refractivity contribution in [3.8, 4) is 0 Å². The van der Waals surface area contributed by atoms with Crippen molar-refractivity contribution in [2.75, 3.05) is 11.4 Å². The number of aryl methyl sites for hydroxylation is 1. The number of fused-ring (bicyclic) bond motifs is 2. The Hall–Kier alpha value is -2.75. The van der Waals surface area contributed by atoms with Gasteiger partial charge in [-0.05, 0) is 55.3 Å². The van der Waals surface area contributed by atoms with Crippen LogP contribution in [0.4, 0.5) is 10.2 Å². The third-order valence-electron chi connectivity index (χ3n) is 4.20. The molecule has 1 amide bonds. The topological polar surface area (TPSA) is 33.2 Å². The van der Waals surface area contributed by atoms with Crippen LogP contribution >= 0.6 is 0 Å². The van der Waals surface area contributed by atoms with E-state index >= 15 is 0 Å². The van der Waals surface area contributed by atoms with Gasteiger partial charge in [-0.3, -0.25) is 9.69 Å². The fraction of sp³-hybridized carbons (Fsp3) is 0.158. The van der Waals surface area contributed by atoms with Crippen LogP contribution in [0, 0.1) is 12.7 Å². The average molecular weight is 306 g/mol. The fourth-order valence-corrected chi connectivity index (χ4v) is 3.06. The zero-order valence-electron chi connectivity index (χ0n) is 12.7. The Morgan fingerprint density at radius 1 is 1.17 bits per heavy atom. The van der Waals surface area contributed by atoms with Crippen LogP contribution in [0.5, 0.6) is 0 Å². The molecule has 0 radical (unpaired) electrons. The molecule has 0 bridgehead atoms. The van der Waals surface area contributed by atoms with E-state index in [1.807, 2.05) is 19.1 Å². The largest absolute Gasteiger partial charge is 0.292 e. The molecule has 2 heterocycles. The molecule has 0 saturated carbocycles. The van der Waals surface area contributed by atoms with Crippen molar-refractivity contribution in [2.24, 2.45) is 0 Å². The predicted molar refractivity (Wildman–Crippen MR) is 88.3 cm³/mol. The van der Waals surface area contributed by atoms with E-state index in [2.05, 4.69) is 17.1 Å². The maximum atomic E-state index is 13.4. The van der Waals surface area contributed by atoms with Crippen LogP contribution in [-0.4, -0.2) is 17.4 Å². The maximum Gasteiger partial charge on any atom is 0.259 e.